The van der Waals surface area contributed by atoms with Crippen LogP contribution >= 0.6 is 32.9 Å². The summed E-state index contributed by atoms with van der Waals surface area (Å²) in [5, 5.41) is 0.980. The van der Waals surface area contributed by atoms with Crippen LogP contribution in [0.15, 0.2) is 6.20 Å². The minimum Gasteiger partial charge on any atom is -0.383 e. The Labute approximate surface area is 78.2 Å². The van der Waals surface area contributed by atoms with Crippen molar-refractivity contribution in [2.75, 3.05) is 14.1 Å². The van der Waals surface area contributed by atoms with Crippen LogP contribution in [0.2, 0.25) is 0 Å². The van der Waals surface area contributed by atoms with Gasteiger partial charge in [0.05, 0.1) is 0 Å². The van der Waals surface area contributed by atoms with Gasteiger partial charge in [-0.2, -0.15) is 0 Å². The van der Waals surface area contributed by atoms with Gasteiger partial charge in [0.25, 0.3) is 0 Å². The second kappa shape index (κ2) is 3.94. The monoisotopic (exact) mass is 204 g/mol. The minimum absolute atomic E-state index is 0.716. The van der Waals surface area contributed by atoms with Crippen molar-refractivity contribution in [3.05, 3.63) is 15.2 Å². The zero-order chi connectivity index (χ0) is 8.27. The summed E-state index contributed by atoms with van der Waals surface area (Å²) in [5.74, 6) is 0. The lowest BCUT2D eigenvalue weighted by Crippen LogP contribution is -1.99. The Kier molecular flexibility index (Phi) is 3.16. The normalized spacial score (nSPS) is 10.7. The van der Waals surface area contributed by atoms with Crippen molar-refractivity contribution in [1.82, 2.24) is 9.88 Å². The van der Waals surface area contributed by atoms with Gasteiger partial charge in [-0.1, -0.05) is 10.3 Å². The summed E-state index contributed by atoms with van der Waals surface area (Å²) in [6, 6.07) is 0. The van der Waals surface area contributed by atoms with E-state index in [-0.39, 0.29) is 0 Å². The molecule has 5 heteroatoms. The average molecular weight is 204 g/mol. The van der Waals surface area contributed by atoms with E-state index in [2.05, 4.69) is 4.98 Å². The summed E-state index contributed by atoms with van der Waals surface area (Å²) < 4.78 is 0.716. The maximum atomic E-state index is 4.88. The van der Waals surface area contributed by atoms with E-state index in [9.17, 15) is 0 Å². The van der Waals surface area contributed by atoms with Crippen LogP contribution in [0.3, 0.4) is 0 Å². The van der Waals surface area contributed by atoms with Crippen LogP contribution in [0.1, 0.15) is 5.01 Å². The molecule has 1 aromatic rings. The molecule has 0 aliphatic carbocycles. The van der Waals surface area contributed by atoms with Crippen molar-refractivity contribution in [2.24, 2.45) is 0 Å². The summed E-state index contributed by atoms with van der Waals surface area (Å²) in [7, 11) is 7.08. The number of hydrogen-bond donors (Lipinski definition) is 0. The lowest BCUT2D eigenvalue weighted by molar-refractivity contribution is 0.567. The summed E-state index contributed by atoms with van der Waals surface area (Å²) >= 11 is 4.88. The van der Waals surface area contributed by atoms with Crippen LogP contribution < -0.4 is 0 Å². The summed E-state index contributed by atoms with van der Waals surface area (Å²) in [5.41, 5.74) is 0. The fourth-order valence-electron chi connectivity index (χ4n) is 0.483. The first-order valence-corrected chi connectivity index (χ1v) is 5.56. The molecule has 2 nitrogen and oxygen atoms in total. The van der Waals surface area contributed by atoms with Gasteiger partial charge in [0.2, 0.25) is 0 Å². The topological polar surface area (TPSA) is 16.1 Å². The lowest BCUT2D eigenvalue weighted by Gasteiger charge is -2.00. The predicted molar refractivity (Wildman–Crippen MR) is 53.5 cm³/mol. The third-order valence-electron chi connectivity index (χ3n) is 0.915. The van der Waals surface area contributed by atoms with Crippen LogP contribution in [-0.2, 0) is 0 Å². The highest BCUT2D eigenvalue weighted by Crippen LogP contribution is 2.14. The average Bonchev–Trinajstić information content (AvgIpc) is 2.31. The number of nitrogens with zero attached hydrogens (tertiary/aromatic N) is 2. The first-order valence-electron chi connectivity index (χ1n) is 3.00. The largest absolute Gasteiger partial charge is 0.383 e. The van der Waals surface area contributed by atoms with Crippen molar-refractivity contribution >= 4 is 39.0 Å². The molecule has 1 aromatic heterocycles. The maximum absolute atomic E-state index is 4.88. The molecule has 0 spiro atoms. The molecule has 0 saturated heterocycles. The summed E-state index contributed by atoms with van der Waals surface area (Å²) in [6.07, 6.45) is 3.91. The van der Waals surface area contributed by atoms with Crippen LogP contribution in [0, 0.1) is 3.95 Å². The molecule has 0 aromatic carbocycles. The van der Waals surface area contributed by atoms with Crippen LogP contribution in [0.5, 0.6) is 0 Å². The van der Waals surface area contributed by atoms with Crippen molar-refractivity contribution in [3.8, 4) is 0 Å². The summed E-state index contributed by atoms with van der Waals surface area (Å²) in [4.78, 5) is 6.09. The Bertz CT molecular complexity index is 297. The van der Waals surface area contributed by atoms with E-state index in [0.29, 0.717) is 3.95 Å². The number of aromatic nitrogens is 1. The Morgan fingerprint density at radius 2 is 2.18 bits per heavy atom. The Morgan fingerprint density at radius 3 is 2.64 bits per heavy atom. The molecule has 60 valence electrons. The van der Waals surface area contributed by atoms with E-state index in [1.54, 1.807) is 10.3 Å². The number of rotatable bonds is 2. The van der Waals surface area contributed by atoms with Gasteiger partial charge in [-0.05, 0) is 28.6 Å². The fourth-order valence-corrected chi connectivity index (χ4v) is 2.40. The van der Waals surface area contributed by atoms with E-state index in [1.807, 2.05) is 31.3 Å². The summed E-state index contributed by atoms with van der Waals surface area (Å²) in [6.45, 7) is 0. The highest BCUT2D eigenvalue weighted by molar-refractivity contribution is 7.79. The molecule has 0 radical (unpaired) electrons. The van der Waals surface area contributed by atoms with Crippen molar-refractivity contribution in [1.29, 1.82) is 0 Å². The molecular weight excluding hydrogens is 196 g/mol. The standard InChI is InChI=1S/C6H8N2S3/c1-8(2)4-3-5-7-6(9)11-10-5/h3-4H,1-2H3/b4-3+. The molecule has 0 amide bonds. The molecule has 11 heavy (non-hydrogen) atoms. The zero-order valence-corrected chi connectivity index (χ0v) is 8.72. The molecule has 0 atom stereocenters. The van der Waals surface area contributed by atoms with Crippen LogP contribution in [-0.4, -0.2) is 24.0 Å². The Morgan fingerprint density at radius 1 is 1.45 bits per heavy atom. The van der Waals surface area contributed by atoms with Crippen LogP contribution in [0.4, 0.5) is 0 Å². The van der Waals surface area contributed by atoms with Gasteiger partial charge in [0, 0.05) is 20.3 Å². The molecule has 0 saturated carbocycles. The first-order chi connectivity index (χ1) is 5.18. The van der Waals surface area contributed by atoms with Crippen molar-refractivity contribution in [2.45, 2.75) is 0 Å². The van der Waals surface area contributed by atoms with Gasteiger partial charge < -0.3 is 4.90 Å². The maximum Gasteiger partial charge on any atom is 0.191 e. The van der Waals surface area contributed by atoms with Crippen LogP contribution in [0.25, 0.3) is 6.08 Å². The Hall–Kier alpha value is -0.260. The SMILES string of the molecule is CN(C)/C=C/c1nc(=S)ss1. The molecule has 0 bridgehead atoms. The fraction of sp³-hybridized carbons (Fsp3) is 0.333. The van der Waals surface area contributed by atoms with Crippen molar-refractivity contribution < 1.29 is 0 Å². The molecule has 0 aliphatic heterocycles. The predicted octanol–water partition coefficient (Wildman–Crippen LogP) is 2.47. The van der Waals surface area contributed by atoms with E-state index >= 15 is 0 Å². The van der Waals surface area contributed by atoms with Gasteiger partial charge in [-0.25, -0.2) is 4.98 Å². The van der Waals surface area contributed by atoms with Crippen molar-refractivity contribution in [3.63, 3.8) is 0 Å². The zero-order valence-electron chi connectivity index (χ0n) is 6.27. The lowest BCUT2D eigenvalue weighted by atomic mass is 10.6. The highest BCUT2D eigenvalue weighted by Gasteiger charge is 1.90. The van der Waals surface area contributed by atoms with E-state index in [1.165, 1.54) is 10.3 Å². The third-order valence-corrected chi connectivity index (χ3v) is 3.52. The first kappa shape index (κ1) is 8.83. The molecule has 1 rings (SSSR count). The quantitative estimate of drug-likeness (QED) is 0.544. The molecule has 0 aliphatic rings. The molecule has 0 N–H and O–H groups in total. The molecule has 0 fully saturated rings. The molecule has 1 heterocycles. The van der Waals surface area contributed by atoms with Gasteiger partial charge in [-0.3, -0.25) is 0 Å². The third kappa shape index (κ3) is 3.09. The Balaban J connectivity index is 2.72. The van der Waals surface area contributed by atoms with E-state index < -0.39 is 0 Å². The van der Waals surface area contributed by atoms with Gasteiger partial charge in [0.15, 0.2) is 3.95 Å². The molecule has 0 unspecified atom stereocenters. The van der Waals surface area contributed by atoms with E-state index in [0.717, 1.165) is 5.01 Å². The number of hydrogen-bond acceptors (Lipinski definition) is 5. The van der Waals surface area contributed by atoms with Gasteiger partial charge in [-0.15, -0.1) is 0 Å². The smallest absolute Gasteiger partial charge is 0.191 e. The van der Waals surface area contributed by atoms with Gasteiger partial charge >= 0.3 is 0 Å². The van der Waals surface area contributed by atoms with Gasteiger partial charge in [0.1, 0.15) is 5.01 Å². The second-order valence-corrected chi connectivity index (χ2v) is 4.95. The van der Waals surface area contributed by atoms with E-state index in [4.69, 9.17) is 12.2 Å². The highest BCUT2D eigenvalue weighted by atomic mass is 32.9. The second-order valence-electron chi connectivity index (χ2n) is 2.16. The molecular formula is C6H8N2S3. The minimum atomic E-state index is 0.716.